The van der Waals surface area contributed by atoms with E-state index in [1.54, 1.807) is 13.2 Å². The fraction of sp³-hybridized carbons (Fsp3) is 0.200. The van der Waals surface area contributed by atoms with Gasteiger partial charge in [0, 0.05) is 19.4 Å². The molecule has 0 unspecified atom stereocenters. The average Bonchev–Trinajstić information content (AvgIpc) is 2.63. The molecule has 0 aliphatic rings. The Morgan fingerprint density at radius 3 is 2.53 bits per heavy atom. The molecule has 0 aliphatic heterocycles. The smallest absolute Gasteiger partial charge is 0.383 e. The van der Waals surface area contributed by atoms with Gasteiger partial charge in [-0.25, -0.2) is 4.98 Å². The maximum absolute atomic E-state index is 12.8. The molecule has 0 fully saturated rings. The molecule has 0 bridgehead atoms. The van der Waals surface area contributed by atoms with Crippen LogP contribution in [0.4, 0.5) is 19.0 Å². The third-order valence-corrected chi connectivity index (χ3v) is 2.26. The normalized spacial score (nSPS) is 11.8. The molecule has 2 N–H and O–H groups in total. The predicted octanol–water partition coefficient (Wildman–Crippen LogP) is 2.08. The van der Waals surface area contributed by atoms with Crippen LogP contribution in [-0.4, -0.2) is 14.8 Å². The second-order valence-electron chi connectivity index (χ2n) is 3.49. The largest absolute Gasteiger partial charge is 0.417 e. The molecule has 2 aromatic heterocycles. The number of nitrogens with zero attached hydrogens (tertiary/aromatic N) is 3. The molecule has 4 nitrogen and oxygen atoms in total. The number of anilines is 1. The monoisotopic (exact) mass is 242 g/mol. The molecule has 7 heteroatoms. The van der Waals surface area contributed by atoms with E-state index in [0.29, 0.717) is 0 Å². The number of hydrogen-bond donors (Lipinski definition) is 1. The number of pyridine rings is 1. The standard InChI is InChI=1S/C10H9F3N4/c1-17-5-3-7(16-17)8-6(10(11,12)13)2-4-15-9(8)14/h2-5H,1H3,(H2,14,15). The molecule has 0 amide bonds. The molecule has 2 rings (SSSR count). The van der Waals surface area contributed by atoms with Crippen LogP contribution >= 0.6 is 0 Å². The predicted molar refractivity (Wildman–Crippen MR) is 55.9 cm³/mol. The quantitative estimate of drug-likeness (QED) is 0.832. The third kappa shape index (κ3) is 2.08. The molecule has 0 aromatic carbocycles. The van der Waals surface area contributed by atoms with Gasteiger partial charge in [-0.2, -0.15) is 18.3 Å². The minimum atomic E-state index is -4.48. The van der Waals surface area contributed by atoms with Crippen LogP contribution in [0.3, 0.4) is 0 Å². The molecule has 17 heavy (non-hydrogen) atoms. The molecule has 0 saturated heterocycles. The fourth-order valence-corrected chi connectivity index (χ4v) is 1.53. The topological polar surface area (TPSA) is 56.7 Å². The molecule has 0 aliphatic carbocycles. The Hall–Kier alpha value is -2.05. The highest BCUT2D eigenvalue weighted by Crippen LogP contribution is 2.38. The zero-order valence-corrected chi connectivity index (χ0v) is 8.86. The number of nitrogen functional groups attached to an aromatic ring is 1. The Morgan fingerprint density at radius 1 is 1.29 bits per heavy atom. The van der Waals surface area contributed by atoms with Crippen molar-refractivity contribution < 1.29 is 13.2 Å². The molecular weight excluding hydrogens is 233 g/mol. The van der Waals surface area contributed by atoms with Crippen molar-refractivity contribution in [3.05, 3.63) is 30.1 Å². The highest BCUT2D eigenvalue weighted by molar-refractivity contribution is 5.74. The molecule has 2 aromatic rings. The van der Waals surface area contributed by atoms with Crippen molar-refractivity contribution in [3.63, 3.8) is 0 Å². The lowest BCUT2D eigenvalue weighted by Crippen LogP contribution is -2.10. The summed E-state index contributed by atoms with van der Waals surface area (Å²) in [6.45, 7) is 0. The van der Waals surface area contributed by atoms with E-state index in [9.17, 15) is 13.2 Å². The van der Waals surface area contributed by atoms with Crippen LogP contribution in [0, 0.1) is 0 Å². The molecule has 90 valence electrons. The Kier molecular flexibility index (Phi) is 2.53. The summed E-state index contributed by atoms with van der Waals surface area (Å²) in [7, 11) is 1.61. The summed E-state index contributed by atoms with van der Waals surface area (Å²) in [5.74, 6) is -0.182. The minimum absolute atomic E-state index is 0.158. The van der Waals surface area contributed by atoms with Crippen LogP contribution in [0.1, 0.15) is 5.56 Å². The molecule has 0 atom stereocenters. The van der Waals surface area contributed by atoms with Crippen molar-refractivity contribution in [2.75, 3.05) is 5.73 Å². The lowest BCUT2D eigenvalue weighted by atomic mass is 10.1. The number of halogens is 3. The van der Waals surface area contributed by atoms with Gasteiger partial charge in [-0.05, 0) is 12.1 Å². The van der Waals surface area contributed by atoms with Crippen molar-refractivity contribution >= 4 is 5.82 Å². The van der Waals surface area contributed by atoms with E-state index in [1.165, 1.54) is 10.7 Å². The summed E-state index contributed by atoms with van der Waals surface area (Å²) in [4.78, 5) is 3.67. The van der Waals surface area contributed by atoms with E-state index in [4.69, 9.17) is 5.73 Å². The van der Waals surface area contributed by atoms with Gasteiger partial charge in [0.05, 0.1) is 16.8 Å². The van der Waals surface area contributed by atoms with Gasteiger partial charge in [0.2, 0.25) is 0 Å². The molecular formula is C10H9F3N4. The number of nitrogens with two attached hydrogens (primary N) is 1. The summed E-state index contributed by atoms with van der Waals surface area (Å²) in [6.07, 6.45) is -1.91. The van der Waals surface area contributed by atoms with Crippen molar-refractivity contribution in [3.8, 4) is 11.3 Å². The summed E-state index contributed by atoms with van der Waals surface area (Å²) in [6, 6.07) is 2.35. The number of rotatable bonds is 1. The minimum Gasteiger partial charge on any atom is -0.383 e. The van der Waals surface area contributed by atoms with Crippen LogP contribution in [0.25, 0.3) is 11.3 Å². The van der Waals surface area contributed by atoms with Crippen LogP contribution in [0.15, 0.2) is 24.5 Å². The molecule has 2 heterocycles. The SMILES string of the molecule is Cn1ccc(-c2c(C(F)(F)F)ccnc2N)n1. The maximum Gasteiger partial charge on any atom is 0.417 e. The van der Waals surface area contributed by atoms with E-state index in [2.05, 4.69) is 10.1 Å². The van der Waals surface area contributed by atoms with Crippen LogP contribution in [-0.2, 0) is 13.2 Å². The van der Waals surface area contributed by atoms with Crippen molar-refractivity contribution in [1.82, 2.24) is 14.8 Å². The number of alkyl halides is 3. The maximum atomic E-state index is 12.8. The zero-order valence-electron chi connectivity index (χ0n) is 8.86. The highest BCUT2D eigenvalue weighted by Gasteiger charge is 2.35. The van der Waals surface area contributed by atoms with Crippen LogP contribution in [0.2, 0.25) is 0 Å². The van der Waals surface area contributed by atoms with Gasteiger partial charge in [0.1, 0.15) is 5.82 Å². The first-order valence-corrected chi connectivity index (χ1v) is 4.71. The Morgan fingerprint density at radius 2 is 2.00 bits per heavy atom. The van der Waals surface area contributed by atoms with Crippen molar-refractivity contribution in [2.45, 2.75) is 6.18 Å². The Labute approximate surface area is 94.9 Å². The summed E-state index contributed by atoms with van der Waals surface area (Å²) in [5.41, 5.74) is 4.65. The molecule has 0 radical (unpaired) electrons. The average molecular weight is 242 g/mol. The first-order chi connectivity index (χ1) is 7.89. The summed E-state index contributed by atoms with van der Waals surface area (Å²) < 4.78 is 39.8. The Balaban J connectivity index is 2.67. The van der Waals surface area contributed by atoms with E-state index in [1.807, 2.05) is 0 Å². The van der Waals surface area contributed by atoms with Crippen molar-refractivity contribution in [1.29, 1.82) is 0 Å². The molecule has 0 spiro atoms. The van der Waals surface area contributed by atoms with Crippen LogP contribution in [0.5, 0.6) is 0 Å². The summed E-state index contributed by atoms with van der Waals surface area (Å²) >= 11 is 0. The van der Waals surface area contributed by atoms with E-state index in [0.717, 1.165) is 12.3 Å². The highest BCUT2D eigenvalue weighted by atomic mass is 19.4. The first kappa shape index (κ1) is 11.4. The Bertz CT molecular complexity index is 545. The number of aryl methyl sites for hydroxylation is 1. The van der Waals surface area contributed by atoms with Gasteiger partial charge in [0.25, 0.3) is 0 Å². The van der Waals surface area contributed by atoms with E-state index < -0.39 is 11.7 Å². The number of hydrogen-bond acceptors (Lipinski definition) is 3. The van der Waals surface area contributed by atoms with Crippen LogP contribution < -0.4 is 5.73 Å². The second-order valence-corrected chi connectivity index (χ2v) is 3.49. The zero-order chi connectivity index (χ0) is 12.6. The van der Waals surface area contributed by atoms with Crippen molar-refractivity contribution in [2.24, 2.45) is 7.05 Å². The lowest BCUT2D eigenvalue weighted by Gasteiger charge is -2.12. The van der Waals surface area contributed by atoms with Gasteiger partial charge in [-0.15, -0.1) is 0 Å². The van der Waals surface area contributed by atoms with Gasteiger partial charge in [-0.3, -0.25) is 4.68 Å². The van der Waals surface area contributed by atoms with Gasteiger partial charge >= 0.3 is 6.18 Å². The fourth-order valence-electron chi connectivity index (χ4n) is 1.53. The van der Waals surface area contributed by atoms with E-state index in [-0.39, 0.29) is 17.1 Å². The third-order valence-electron chi connectivity index (χ3n) is 2.26. The first-order valence-electron chi connectivity index (χ1n) is 4.71. The second kappa shape index (κ2) is 3.76. The molecule has 0 saturated carbocycles. The van der Waals surface area contributed by atoms with E-state index >= 15 is 0 Å². The van der Waals surface area contributed by atoms with Gasteiger partial charge in [-0.1, -0.05) is 0 Å². The van der Waals surface area contributed by atoms with Gasteiger partial charge < -0.3 is 5.73 Å². The summed E-state index contributed by atoms with van der Waals surface area (Å²) in [5, 5.41) is 3.91. The number of aromatic nitrogens is 3. The lowest BCUT2D eigenvalue weighted by molar-refractivity contribution is -0.137. The van der Waals surface area contributed by atoms with Gasteiger partial charge in [0.15, 0.2) is 0 Å².